The van der Waals surface area contributed by atoms with Gasteiger partial charge in [-0.2, -0.15) is 9.27 Å². The molecule has 2 aromatic rings. The molecule has 3 heterocycles. The number of fused-ring (bicyclic) bond motifs is 1. The number of rotatable bonds is 10. The molecule has 0 aliphatic carbocycles. The van der Waals surface area contributed by atoms with Gasteiger partial charge in [-0.25, -0.2) is 9.78 Å². The Morgan fingerprint density at radius 3 is 2.68 bits per heavy atom. The van der Waals surface area contributed by atoms with E-state index in [9.17, 15) is 23.7 Å². The van der Waals surface area contributed by atoms with E-state index >= 15 is 0 Å². The van der Waals surface area contributed by atoms with Gasteiger partial charge in [0.05, 0.1) is 5.54 Å². The van der Waals surface area contributed by atoms with Crippen molar-refractivity contribution in [1.29, 1.82) is 5.41 Å². The zero-order valence-electron chi connectivity index (χ0n) is 21.9. The van der Waals surface area contributed by atoms with Crippen LogP contribution in [-0.4, -0.2) is 76.5 Å². The first-order chi connectivity index (χ1) is 19.1. The summed E-state index contributed by atoms with van der Waals surface area (Å²) in [5, 5.41) is 26.2. The van der Waals surface area contributed by atoms with Crippen molar-refractivity contribution >= 4 is 57.2 Å². The van der Waals surface area contributed by atoms with E-state index in [1.165, 1.54) is 26.2 Å². The molecule has 220 valence electrons. The number of nitrogen functional groups attached to an aromatic ring is 2. The number of amides is 2. The highest BCUT2D eigenvalue weighted by molar-refractivity contribution is 7.74. The Labute approximate surface area is 239 Å². The maximum Gasteiger partial charge on any atom is 0.354 e. The largest absolute Gasteiger partial charge is 0.485 e. The number of anilines is 1. The van der Waals surface area contributed by atoms with Gasteiger partial charge in [0.2, 0.25) is 0 Å². The summed E-state index contributed by atoms with van der Waals surface area (Å²) in [5.74, 6) is -2.91. The maximum absolute atomic E-state index is 13.3. The van der Waals surface area contributed by atoms with Crippen LogP contribution in [0.5, 0.6) is 5.75 Å². The zero-order valence-corrected chi connectivity index (χ0v) is 23.6. The molecule has 1 saturated heterocycles. The van der Waals surface area contributed by atoms with E-state index in [0.717, 1.165) is 16.9 Å². The highest BCUT2D eigenvalue weighted by Crippen LogP contribution is 2.35. The van der Waals surface area contributed by atoms with E-state index in [-0.39, 0.29) is 23.1 Å². The van der Waals surface area contributed by atoms with Gasteiger partial charge in [-0.05, 0) is 57.4 Å². The number of carboxylic acid groups (broad SMARTS) is 1. The van der Waals surface area contributed by atoms with Crippen LogP contribution in [-0.2, 0) is 41.3 Å². The van der Waals surface area contributed by atoms with Crippen LogP contribution in [0.4, 0.5) is 5.13 Å². The van der Waals surface area contributed by atoms with Gasteiger partial charge in [0.15, 0.2) is 16.9 Å². The average molecular weight is 610 g/mol. The van der Waals surface area contributed by atoms with Gasteiger partial charge in [0.25, 0.3) is 17.4 Å². The monoisotopic (exact) mass is 609 g/mol. The summed E-state index contributed by atoms with van der Waals surface area (Å²) in [6, 6.07) is 3.65. The molecular formula is C23H27N7O9S2. The van der Waals surface area contributed by atoms with Crippen LogP contribution in [0.3, 0.4) is 0 Å². The van der Waals surface area contributed by atoms with Crippen LogP contribution in [0.2, 0.25) is 0 Å². The fourth-order valence-electron chi connectivity index (χ4n) is 4.31. The molecule has 4 atom stereocenters. The molecule has 8 N–H and O–H groups in total. The molecule has 4 unspecified atom stereocenters. The number of carbonyl (C=O) groups excluding carboxylic acids is 2. The van der Waals surface area contributed by atoms with Gasteiger partial charge < -0.3 is 31.5 Å². The Balaban J connectivity index is 1.59. The van der Waals surface area contributed by atoms with Crippen molar-refractivity contribution < 1.29 is 42.1 Å². The number of thiazole rings is 1. The van der Waals surface area contributed by atoms with Crippen molar-refractivity contribution in [2.24, 2.45) is 10.9 Å². The predicted molar refractivity (Wildman–Crippen MR) is 145 cm³/mol. The first-order valence-corrected chi connectivity index (χ1v) is 13.9. The van der Waals surface area contributed by atoms with Crippen molar-refractivity contribution in [3.05, 3.63) is 40.4 Å². The number of oxime groups is 1. The summed E-state index contributed by atoms with van der Waals surface area (Å²) >= 11 is -1.78. The Kier molecular flexibility index (Phi) is 8.03. The standard InChI is InChI=1S/C23H27N7O9S2/c1-22(2)16(19(32)30(22)39-41(35)36)28-18(31)15(12-9-40-21(26)27-12)29-38-23(3,20(33)34)14-7-5-10-8-11(17(24)25)4-6-13(10)37-14/h4,6,8-9,14,16H,5,7H2,1-3H3,(H3,24,25)(H2,26,27)(H,28,31)(H,33,34)(H,35,36)/b29-15-. The molecule has 2 amide bonds. The fourth-order valence-corrected chi connectivity index (χ4v) is 5.25. The molecule has 0 bridgehead atoms. The first kappa shape index (κ1) is 29.8. The number of aliphatic carboxylic acids is 1. The molecule has 18 heteroatoms. The minimum Gasteiger partial charge on any atom is -0.485 e. The molecule has 2 aliphatic rings. The van der Waals surface area contributed by atoms with Crippen LogP contribution in [0.15, 0.2) is 28.7 Å². The highest BCUT2D eigenvalue weighted by atomic mass is 32.2. The number of amidine groups is 1. The third kappa shape index (κ3) is 5.71. The molecule has 0 spiro atoms. The molecule has 41 heavy (non-hydrogen) atoms. The number of hydrogen-bond acceptors (Lipinski definition) is 12. The topological polar surface area (TPSA) is 253 Å². The number of aromatic nitrogens is 1. The molecule has 0 saturated carbocycles. The second-order valence-electron chi connectivity index (χ2n) is 9.88. The summed E-state index contributed by atoms with van der Waals surface area (Å²) in [6.07, 6.45) is -0.449. The van der Waals surface area contributed by atoms with E-state index < -0.39 is 58.1 Å². The molecule has 0 radical (unpaired) electrons. The van der Waals surface area contributed by atoms with Crippen molar-refractivity contribution in [3.63, 3.8) is 0 Å². The SMILES string of the molecule is CC(O/N=C(\C(=O)NC1C(=O)N(OS(=O)O)C1(C)C)c1csc(N)n1)(C(=O)O)C1CCc2cc(C(=N)N)ccc2O1. The highest BCUT2D eigenvalue weighted by Gasteiger charge is 2.57. The van der Waals surface area contributed by atoms with Crippen molar-refractivity contribution in [3.8, 4) is 5.75 Å². The zero-order chi connectivity index (χ0) is 30.3. The number of β-lactam (4-membered cyclic amide) rings is 1. The number of carbonyl (C=O) groups is 3. The minimum atomic E-state index is -2.77. The number of nitrogens with two attached hydrogens (primary N) is 2. The van der Waals surface area contributed by atoms with Crippen LogP contribution < -0.4 is 21.5 Å². The number of carboxylic acids is 1. The fraction of sp³-hybridized carbons (Fsp3) is 0.391. The molecule has 1 fully saturated rings. The lowest BCUT2D eigenvalue weighted by Gasteiger charge is -2.50. The second kappa shape index (κ2) is 11.0. The Morgan fingerprint density at radius 2 is 2.12 bits per heavy atom. The lowest BCUT2D eigenvalue weighted by Crippen LogP contribution is -2.76. The minimum absolute atomic E-state index is 0.0430. The second-order valence-corrected chi connectivity index (χ2v) is 11.4. The summed E-state index contributed by atoms with van der Waals surface area (Å²) in [5.41, 5.74) is 8.69. The molecular weight excluding hydrogens is 582 g/mol. The Bertz CT molecular complexity index is 1480. The van der Waals surface area contributed by atoms with Gasteiger partial charge in [-0.3, -0.25) is 19.6 Å². The maximum atomic E-state index is 13.3. The molecule has 1 aromatic heterocycles. The van der Waals surface area contributed by atoms with E-state index in [2.05, 4.69) is 19.7 Å². The number of nitrogens with one attached hydrogen (secondary N) is 2. The van der Waals surface area contributed by atoms with Crippen molar-refractivity contribution in [2.75, 3.05) is 5.73 Å². The van der Waals surface area contributed by atoms with E-state index in [1.54, 1.807) is 18.2 Å². The summed E-state index contributed by atoms with van der Waals surface area (Å²) in [6.45, 7) is 4.21. The predicted octanol–water partition coefficient (Wildman–Crippen LogP) is 0.141. The number of ether oxygens (including phenoxy) is 1. The molecule has 1 aromatic carbocycles. The van der Waals surface area contributed by atoms with E-state index in [4.69, 9.17) is 31.0 Å². The summed E-state index contributed by atoms with van der Waals surface area (Å²) < 4.78 is 30.5. The Morgan fingerprint density at radius 1 is 1.41 bits per heavy atom. The number of aryl methyl sites for hydroxylation is 1. The quantitative estimate of drug-likeness (QED) is 0.0691. The molecule has 16 nitrogen and oxygen atoms in total. The van der Waals surface area contributed by atoms with Crippen LogP contribution >= 0.6 is 11.3 Å². The number of nitrogens with zero attached hydrogens (tertiary/aromatic N) is 3. The van der Waals surface area contributed by atoms with Crippen molar-refractivity contribution in [1.82, 2.24) is 15.4 Å². The molecule has 4 rings (SSSR count). The smallest absolute Gasteiger partial charge is 0.354 e. The third-order valence-electron chi connectivity index (χ3n) is 6.75. The number of hydroxylamine groups is 2. The lowest BCUT2D eigenvalue weighted by atomic mass is 9.84. The first-order valence-electron chi connectivity index (χ1n) is 11.9. The number of hydrogen-bond donors (Lipinski definition) is 6. The number of benzene rings is 1. The lowest BCUT2D eigenvalue weighted by molar-refractivity contribution is -0.216. The normalized spacial score (nSPS) is 21.9. The van der Waals surface area contributed by atoms with Gasteiger partial charge in [-0.1, -0.05) is 5.16 Å². The van der Waals surface area contributed by atoms with Crippen LogP contribution in [0, 0.1) is 5.41 Å². The van der Waals surface area contributed by atoms with Gasteiger partial charge in [0.1, 0.15) is 23.3 Å². The van der Waals surface area contributed by atoms with Crippen LogP contribution in [0.25, 0.3) is 0 Å². The van der Waals surface area contributed by atoms with Gasteiger partial charge in [-0.15, -0.1) is 15.6 Å². The summed E-state index contributed by atoms with van der Waals surface area (Å²) in [7, 11) is 0. The Hall–Kier alpha value is -4.13. The van der Waals surface area contributed by atoms with Crippen LogP contribution in [0.1, 0.15) is 44.0 Å². The van der Waals surface area contributed by atoms with Gasteiger partial charge in [0, 0.05) is 10.9 Å². The van der Waals surface area contributed by atoms with E-state index in [1.807, 2.05) is 0 Å². The molecule has 2 aliphatic heterocycles. The average Bonchev–Trinajstić information content (AvgIpc) is 3.34. The van der Waals surface area contributed by atoms with Crippen molar-refractivity contribution in [2.45, 2.75) is 56.9 Å². The van der Waals surface area contributed by atoms with E-state index in [0.29, 0.717) is 22.8 Å². The summed E-state index contributed by atoms with van der Waals surface area (Å²) in [4.78, 5) is 47.8. The van der Waals surface area contributed by atoms with Gasteiger partial charge >= 0.3 is 17.3 Å². The third-order valence-corrected chi connectivity index (χ3v) is 7.70.